The Kier molecular flexibility index (Phi) is 7.20. The Morgan fingerprint density at radius 3 is 2.00 bits per heavy atom. The zero-order chi connectivity index (χ0) is 25.7. The molecule has 0 fully saturated rings. The number of carbonyl (C=O) groups excluding carboxylic acids is 1. The fourth-order valence-electron chi connectivity index (χ4n) is 3.87. The van der Waals surface area contributed by atoms with Gasteiger partial charge in [0, 0.05) is 11.6 Å². The third-order valence-corrected chi connectivity index (χ3v) is 5.69. The summed E-state index contributed by atoms with van der Waals surface area (Å²) in [7, 11) is 2.96. The zero-order valence-corrected chi connectivity index (χ0v) is 19.9. The smallest absolute Gasteiger partial charge is 0.330 e. The van der Waals surface area contributed by atoms with Crippen molar-refractivity contribution >= 4 is 17.4 Å². The SMILES string of the molecule is COc1cc(OC)cc(C(=O)N(Cc2ccccc2)c2c(N)n(Cc3ccccc3)c(=O)[nH]c2=O)c1. The van der Waals surface area contributed by atoms with Gasteiger partial charge in [-0.25, -0.2) is 4.79 Å². The first kappa shape index (κ1) is 24.3. The van der Waals surface area contributed by atoms with Gasteiger partial charge in [-0.15, -0.1) is 0 Å². The van der Waals surface area contributed by atoms with E-state index in [0.29, 0.717) is 11.5 Å². The summed E-state index contributed by atoms with van der Waals surface area (Å²) in [4.78, 5) is 43.2. The molecule has 1 heterocycles. The normalized spacial score (nSPS) is 10.6. The molecule has 184 valence electrons. The molecule has 9 heteroatoms. The number of nitrogens with two attached hydrogens (primary N) is 1. The van der Waals surface area contributed by atoms with Gasteiger partial charge in [0.1, 0.15) is 17.3 Å². The van der Waals surface area contributed by atoms with Crippen molar-refractivity contribution in [3.8, 4) is 11.5 Å². The maximum atomic E-state index is 13.9. The molecule has 0 radical (unpaired) electrons. The summed E-state index contributed by atoms with van der Waals surface area (Å²) in [5.74, 6) is 0.187. The van der Waals surface area contributed by atoms with Crippen LogP contribution in [0.25, 0.3) is 0 Å². The summed E-state index contributed by atoms with van der Waals surface area (Å²) in [5.41, 5.74) is 6.66. The second-order valence-electron chi connectivity index (χ2n) is 8.04. The highest BCUT2D eigenvalue weighted by Gasteiger charge is 2.26. The minimum atomic E-state index is -0.763. The molecular weight excluding hydrogens is 460 g/mol. The van der Waals surface area contributed by atoms with E-state index in [1.165, 1.54) is 23.7 Å². The van der Waals surface area contributed by atoms with E-state index in [-0.39, 0.29) is 30.2 Å². The number of hydrogen-bond acceptors (Lipinski definition) is 6. The Bertz CT molecular complexity index is 1460. The Labute approximate surface area is 207 Å². The number of nitrogens with zero attached hydrogens (tertiary/aromatic N) is 2. The second kappa shape index (κ2) is 10.6. The first-order valence-corrected chi connectivity index (χ1v) is 11.2. The van der Waals surface area contributed by atoms with Crippen LogP contribution in [0.3, 0.4) is 0 Å². The highest BCUT2D eigenvalue weighted by molar-refractivity contribution is 6.07. The summed E-state index contributed by atoms with van der Waals surface area (Å²) < 4.78 is 11.9. The fraction of sp³-hybridized carbons (Fsp3) is 0.148. The van der Waals surface area contributed by atoms with Gasteiger partial charge in [-0.2, -0.15) is 0 Å². The molecule has 0 saturated carbocycles. The molecule has 4 aromatic rings. The maximum absolute atomic E-state index is 13.9. The molecular formula is C27H26N4O5. The molecule has 0 aliphatic heterocycles. The highest BCUT2D eigenvalue weighted by atomic mass is 16.5. The van der Waals surface area contributed by atoms with Crippen molar-refractivity contribution in [3.05, 3.63) is 116 Å². The number of amides is 1. The van der Waals surface area contributed by atoms with Crippen LogP contribution in [0.15, 0.2) is 88.5 Å². The van der Waals surface area contributed by atoms with Crippen molar-refractivity contribution in [2.45, 2.75) is 13.1 Å². The van der Waals surface area contributed by atoms with Crippen LogP contribution < -0.4 is 31.4 Å². The van der Waals surface area contributed by atoms with Gasteiger partial charge in [-0.3, -0.25) is 24.0 Å². The molecule has 4 rings (SSSR count). The zero-order valence-electron chi connectivity index (χ0n) is 19.9. The van der Waals surface area contributed by atoms with Gasteiger partial charge in [-0.05, 0) is 23.3 Å². The Morgan fingerprint density at radius 2 is 1.44 bits per heavy atom. The van der Waals surface area contributed by atoms with E-state index < -0.39 is 17.2 Å². The van der Waals surface area contributed by atoms with Crippen LogP contribution in [0.5, 0.6) is 11.5 Å². The van der Waals surface area contributed by atoms with E-state index >= 15 is 0 Å². The van der Waals surface area contributed by atoms with Crippen LogP contribution in [0.4, 0.5) is 11.5 Å². The Balaban J connectivity index is 1.87. The number of methoxy groups -OCH3 is 2. The lowest BCUT2D eigenvalue weighted by atomic mass is 10.1. The van der Waals surface area contributed by atoms with Gasteiger partial charge in [0.15, 0.2) is 5.69 Å². The number of ether oxygens (including phenoxy) is 2. The number of anilines is 2. The number of carbonyl (C=O) groups is 1. The standard InChI is InChI=1S/C27H26N4O5/c1-35-21-13-20(14-22(15-21)36-2)26(33)30(16-18-9-5-3-6-10-18)23-24(28)31(27(34)29-25(23)32)17-19-11-7-4-8-12-19/h3-15H,16-17,28H2,1-2H3,(H,29,32,34). The molecule has 0 bridgehead atoms. The lowest BCUT2D eigenvalue weighted by molar-refractivity contribution is 0.0984. The van der Waals surface area contributed by atoms with Gasteiger partial charge >= 0.3 is 5.69 Å². The number of aromatic amines is 1. The minimum absolute atomic E-state index is 0.0377. The largest absolute Gasteiger partial charge is 0.497 e. The van der Waals surface area contributed by atoms with E-state index in [1.54, 1.807) is 18.2 Å². The number of nitrogens with one attached hydrogen (secondary N) is 1. The molecule has 0 spiro atoms. The van der Waals surface area contributed by atoms with Crippen LogP contribution in [-0.4, -0.2) is 29.7 Å². The highest BCUT2D eigenvalue weighted by Crippen LogP contribution is 2.27. The van der Waals surface area contributed by atoms with Crippen molar-refractivity contribution in [3.63, 3.8) is 0 Å². The van der Waals surface area contributed by atoms with E-state index in [0.717, 1.165) is 11.1 Å². The predicted octanol–water partition coefficient (Wildman–Crippen LogP) is 3.03. The predicted molar refractivity (Wildman–Crippen MR) is 138 cm³/mol. The van der Waals surface area contributed by atoms with Crippen LogP contribution in [0.2, 0.25) is 0 Å². The van der Waals surface area contributed by atoms with Gasteiger partial charge < -0.3 is 15.2 Å². The van der Waals surface area contributed by atoms with Crippen molar-refractivity contribution in [2.24, 2.45) is 0 Å². The number of nitrogen functional groups attached to an aromatic ring is 1. The van der Waals surface area contributed by atoms with Gasteiger partial charge in [-0.1, -0.05) is 60.7 Å². The molecule has 1 amide bonds. The first-order valence-electron chi connectivity index (χ1n) is 11.2. The van der Waals surface area contributed by atoms with E-state index in [2.05, 4.69) is 4.98 Å². The molecule has 3 aromatic carbocycles. The van der Waals surface area contributed by atoms with Crippen LogP contribution in [-0.2, 0) is 13.1 Å². The number of aromatic nitrogens is 2. The molecule has 36 heavy (non-hydrogen) atoms. The van der Waals surface area contributed by atoms with Gasteiger partial charge in [0.05, 0.1) is 27.3 Å². The van der Waals surface area contributed by atoms with Crippen molar-refractivity contribution in [1.29, 1.82) is 0 Å². The number of rotatable bonds is 8. The molecule has 0 unspecified atom stereocenters. The topological polar surface area (TPSA) is 120 Å². The lowest BCUT2D eigenvalue weighted by Crippen LogP contribution is -2.41. The maximum Gasteiger partial charge on any atom is 0.330 e. The molecule has 1 aromatic heterocycles. The minimum Gasteiger partial charge on any atom is -0.497 e. The summed E-state index contributed by atoms with van der Waals surface area (Å²) >= 11 is 0. The summed E-state index contributed by atoms with van der Waals surface area (Å²) in [5, 5.41) is 0. The molecule has 9 nitrogen and oxygen atoms in total. The van der Waals surface area contributed by atoms with Crippen LogP contribution in [0.1, 0.15) is 21.5 Å². The number of hydrogen-bond donors (Lipinski definition) is 2. The molecule has 0 aliphatic rings. The molecule has 3 N–H and O–H groups in total. The average molecular weight is 487 g/mol. The number of benzene rings is 3. The van der Waals surface area contributed by atoms with Gasteiger partial charge in [0.25, 0.3) is 11.5 Å². The Morgan fingerprint density at radius 1 is 0.889 bits per heavy atom. The first-order chi connectivity index (χ1) is 17.4. The number of H-pyrrole nitrogens is 1. The van der Waals surface area contributed by atoms with E-state index in [1.807, 2.05) is 60.7 Å². The lowest BCUT2D eigenvalue weighted by Gasteiger charge is -2.25. The molecule has 0 saturated heterocycles. The molecule has 0 atom stereocenters. The van der Waals surface area contributed by atoms with E-state index in [9.17, 15) is 14.4 Å². The summed E-state index contributed by atoms with van der Waals surface area (Å²) in [6.07, 6.45) is 0. The van der Waals surface area contributed by atoms with Crippen molar-refractivity contribution in [2.75, 3.05) is 24.9 Å². The monoisotopic (exact) mass is 486 g/mol. The quantitative estimate of drug-likeness (QED) is 0.395. The third-order valence-electron chi connectivity index (χ3n) is 5.69. The summed E-state index contributed by atoms with van der Waals surface area (Å²) in [6, 6.07) is 23.1. The van der Waals surface area contributed by atoms with Crippen molar-refractivity contribution in [1.82, 2.24) is 9.55 Å². The van der Waals surface area contributed by atoms with Gasteiger partial charge in [0.2, 0.25) is 0 Å². The van der Waals surface area contributed by atoms with Crippen LogP contribution >= 0.6 is 0 Å². The second-order valence-corrected chi connectivity index (χ2v) is 8.04. The van der Waals surface area contributed by atoms with Crippen molar-refractivity contribution < 1.29 is 14.3 Å². The summed E-state index contributed by atoms with van der Waals surface area (Å²) in [6.45, 7) is 0.158. The Hall–Kier alpha value is -4.79. The molecule has 0 aliphatic carbocycles. The average Bonchev–Trinajstić information content (AvgIpc) is 2.90. The fourth-order valence-corrected chi connectivity index (χ4v) is 3.87. The van der Waals surface area contributed by atoms with Crippen LogP contribution in [0, 0.1) is 0 Å². The van der Waals surface area contributed by atoms with E-state index in [4.69, 9.17) is 15.2 Å². The third kappa shape index (κ3) is 5.15.